The molecule has 0 fully saturated rings. The normalized spacial score (nSPS) is 12.8. The number of aliphatic hydroxyl groups is 2. The van der Waals surface area contributed by atoms with Crippen LogP contribution in [0.1, 0.15) is 271 Å². The molecular formula is C46H93NO3. The second-order valence-electron chi connectivity index (χ2n) is 16.2. The third kappa shape index (κ3) is 38.6. The van der Waals surface area contributed by atoms with Gasteiger partial charge >= 0.3 is 0 Å². The maximum Gasteiger partial charge on any atom is 0.220 e. The van der Waals surface area contributed by atoms with Crippen LogP contribution in [0, 0.1) is 0 Å². The molecule has 0 aromatic rings. The van der Waals surface area contributed by atoms with E-state index in [4.69, 9.17) is 0 Å². The number of nitrogens with one attached hydrogen (secondary N) is 1. The highest BCUT2D eigenvalue weighted by Gasteiger charge is 2.20. The third-order valence-electron chi connectivity index (χ3n) is 11.1. The number of carbonyl (C=O) groups excluding carboxylic acids is 1. The third-order valence-corrected chi connectivity index (χ3v) is 11.1. The summed E-state index contributed by atoms with van der Waals surface area (Å²) in [7, 11) is 0. The smallest absolute Gasteiger partial charge is 0.220 e. The van der Waals surface area contributed by atoms with Crippen LogP contribution < -0.4 is 5.32 Å². The molecule has 4 heteroatoms. The number of carbonyl (C=O) groups is 1. The van der Waals surface area contributed by atoms with E-state index in [0.29, 0.717) is 12.8 Å². The molecule has 3 N–H and O–H groups in total. The van der Waals surface area contributed by atoms with Crippen molar-refractivity contribution in [1.82, 2.24) is 5.32 Å². The summed E-state index contributed by atoms with van der Waals surface area (Å²) in [6, 6.07) is -0.528. The van der Waals surface area contributed by atoms with Gasteiger partial charge in [0.2, 0.25) is 5.91 Å². The van der Waals surface area contributed by atoms with Crippen LogP contribution in [0.25, 0.3) is 0 Å². The standard InChI is InChI=1S/C46H93NO3/c1-3-5-7-9-11-13-15-16-17-18-19-20-21-22-23-24-25-26-27-28-29-30-32-33-35-37-39-41-45(49)44(43-48)47-46(50)42-40-38-36-34-31-14-12-10-8-6-4-2/h44-45,48-49H,3-43H2,1-2H3,(H,47,50). The summed E-state index contributed by atoms with van der Waals surface area (Å²) >= 11 is 0. The molecule has 0 aliphatic heterocycles. The molecule has 0 radical (unpaired) electrons. The van der Waals surface area contributed by atoms with Crippen molar-refractivity contribution in [3.63, 3.8) is 0 Å². The van der Waals surface area contributed by atoms with Gasteiger partial charge in [0.1, 0.15) is 0 Å². The first-order valence-corrected chi connectivity index (χ1v) is 23.2. The Balaban J connectivity index is 3.39. The van der Waals surface area contributed by atoms with E-state index >= 15 is 0 Å². The summed E-state index contributed by atoms with van der Waals surface area (Å²) in [4.78, 5) is 12.3. The lowest BCUT2D eigenvalue weighted by molar-refractivity contribution is -0.123. The van der Waals surface area contributed by atoms with Crippen molar-refractivity contribution in [3.05, 3.63) is 0 Å². The summed E-state index contributed by atoms with van der Waals surface area (Å²) in [6.07, 6.45) is 52.0. The predicted octanol–water partition coefficient (Wildman–Crippen LogP) is 14.5. The van der Waals surface area contributed by atoms with Crippen LogP contribution in [0.15, 0.2) is 0 Å². The lowest BCUT2D eigenvalue weighted by Gasteiger charge is -2.22. The molecule has 0 rings (SSSR count). The van der Waals surface area contributed by atoms with Gasteiger partial charge in [0.15, 0.2) is 0 Å². The van der Waals surface area contributed by atoms with Crippen molar-refractivity contribution in [1.29, 1.82) is 0 Å². The van der Waals surface area contributed by atoms with Crippen LogP contribution in [0.3, 0.4) is 0 Å². The molecule has 0 aliphatic rings. The minimum atomic E-state index is -0.652. The number of rotatable bonds is 43. The van der Waals surface area contributed by atoms with E-state index in [9.17, 15) is 15.0 Å². The van der Waals surface area contributed by atoms with E-state index in [1.807, 2.05) is 0 Å². The van der Waals surface area contributed by atoms with Gasteiger partial charge in [0.25, 0.3) is 0 Å². The molecule has 0 heterocycles. The Labute approximate surface area is 314 Å². The maximum absolute atomic E-state index is 12.3. The van der Waals surface area contributed by atoms with E-state index in [0.717, 1.165) is 25.7 Å². The first-order valence-electron chi connectivity index (χ1n) is 23.2. The topological polar surface area (TPSA) is 69.6 Å². The molecule has 0 aromatic heterocycles. The van der Waals surface area contributed by atoms with Gasteiger partial charge in [-0.25, -0.2) is 0 Å². The number of amides is 1. The minimum Gasteiger partial charge on any atom is -0.394 e. The van der Waals surface area contributed by atoms with Crippen molar-refractivity contribution in [3.8, 4) is 0 Å². The fraction of sp³-hybridized carbons (Fsp3) is 0.978. The Morgan fingerprint density at radius 3 is 0.900 bits per heavy atom. The summed E-state index contributed by atoms with van der Waals surface area (Å²) in [5.41, 5.74) is 0. The largest absolute Gasteiger partial charge is 0.394 e. The van der Waals surface area contributed by atoms with Gasteiger partial charge in [-0.3, -0.25) is 4.79 Å². The van der Waals surface area contributed by atoms with E-state index in [1.165, 1.54) is 218 Å². The van der Waals surface area contributed by atoms with Crippen LogP contribution in [-0.4, -0.2) is 34.9 Å². The Bertz CT molecular complexity index is 641. The van der Waals surface area contributed by atoms with Crippen molar-refractivity contribution >= 4 is 5.91 Å². The highest BCUT2D eigenvalue weighted by Crippen LogP contribution is 2.17. The second kappa shape index (κ2) is 42.8. The summed E-state index contributed by atoms with van der Waals surface area (Å²) in [5.74, 6) is -0.0285. The van der Waals surface area contributed by atoms with Gasteiger partial charge in [-0.15, -0.1) is 0 Å². The minimum absolute atomic E-state index is 0.0285. The molecule has 50 heavy (non-hydrogen) atoms. The number of hydrogen-bond donors (Lipinski definition) is 3. The highest BCUT2D eigenvalue weighted by atomic mass is 16.3. The van der Waals surface area contributed by atoms with E-state index < -0.39 is 12.1 Å². The molecule has 2 atom stereocenters. The predicted molar refractivity (Wildman–Crippen MR) is 221 cm³/mol. The lowest BCUT2D eigenvalue weighted by atomic mass is 10.0. The van der Waals surface area contributed by atoms with Gasteiger partial charge < -0.3 is 15.5 Å². The SMILES string of the molecule is CCCCCCCCCCCCCCCCCCCCCCCCCCCCCC(O)C(CO)NC(=O)CCCCCCCCCCCCC. The zero-order valence-electron chi connectivity index (χ0n) is 34.4. The molecule has 0 bridgehead atoms. The number of aliphatic hydroxyl groups excluding tert-OH is 2. The van der Waals surface area contributed by atoms with Crippen LogP contribution in [0.2, 0.25) is 0 Å². The maximum atomic E-state index is 12.3. The Morgan fingerprint density at radius 1 is 0.400 bits per heavy atom. The first-order chi connectivity index (χ1) is 24.7. The molecule has 300 valence electrons. The van der Waals surface area contributed by atoms with Gasteiger partial charge in [0.05, 0.1) is 18.8 Å². The summed E-state index contributed by atoms with van der Waals surface area (Å²) in [5, 5.41) is 23.2. The van der Waals surface area contributed by atoms with Crippen LogP contribution in [-0.2, 0) is 4.79 Å². The molecule has 0 saturated carbocycles. The zero-order valence-corrected chi connectivity index (χ0v) is 34.4. The average molecular weight is 708 g/mol. The summed E-state index contributed by atoms with van der Waals surface area (Å²) < 4.78 is 0. The van der Waals surface area contributed by atoms with Gasteiger partial charge in [-0.2, -0.15) is 0 Å². The van der Waals surface area contributed by atoms with Crippen molar-refractivity contribution < 1.29 is 15.0 Å². The van der Waals surface area contributed by atoms with Crippen LogP contribution >= 0.6 is 0 Å². The van der Waals surface area contributed by atoms with Crippen LogP contribution in [0.5, 0.6) is 0 Å². The zero-order chi connectivity index (χ0) is 36.4. The van der Waals surface area contributed by atoms with E-state index in [1.54, 1.807) is 0 Å². The fourth-order valence-electron chi connectivity index (χ4n) is 7.54. The molecular weight excluding hydrogens is 615 g/mol. The first kappa shape index (κ1) is 49.4. The monoisotopic (exact) mass is 708 g/mol. The molecule has 0 aromatic carbocycles. The Kier molecular flexibility index (Phi) is 42.3. The van der Waals surface area contributed by atoms with E-state index in [2.05, 4.69) is 19.2 Å². The lowest BCUT2D eigenvalue weighted by Crippen LogP contribution is -2.45. The van der Waals surface area contributed by atoms with Crippen molar-refractivity contribution in [2.24, 2.45) is 0 Å². The van der Waals surface area contributed by atoms with Gasteiger partial charge in [-0.05, 0) is 12.8 Å². The molecule has 2 unspecified atom stereocenters. The second-order valence-corrected chi connectivity index (χ2v) is 16.2. The average Bonchev–Trinajstić information content (AvgIpc) is 3.12. The molecule has 1 amide bonds. The number of hydrogen-bond acceptors (Lipinski definition) is 3. The van der Waals surface area contributed by atoms with Gasteiger partial charge in [-0.1, -0.05) is 251 Å². The van der Waals surface area contributed by atoms with E-state index in [-0.39, 0.29) is 12.5 Å². The number of unbranched alkanes of at least 4 members (excludes halogenated alkanes) is 36. The van der Waals surface area contributed by atoms with Crippen molar-refractivity contribution in [2.75, 3.05) is 6.61 Å². The molecule has 0 saturated heterocycles. The molecule has 0 aliphatic carbocycles. The quantitative estimate of drug-likeness (QED) is 0.0553. The van der Waals surface area contributed by atoms with Gasteiger partial charge in [0, 0.05) is 6.42 Å². The highest BCUT2D eigenvalue weighted by molar-refractivity contribution is 5.76. The molecule has 4 nitrogen and oxygen atoms in total. The summed E-state index contributed by atoms with van der Waals surface area (Å²) in [6.45, 7) is 4.37. The van der Waals surface area contributed by atoms with Crippen molar-refractivity contribution in [2.45, 2.75) is 283 Å². The fourth-order valence-corrected chi connectivity index (χ4v) is 7.54. The molecule has 0 spiro atoms. The van der Waals surface area contributed by atoms with Crippen LogP contribution in [0.4, 0.5) is 0 Å². The Hall–Kier alpha value is -0.610. The Morgan fingerprint density at radius 2 is 0.640 bits per heavy atom.